The summed E-state index contributed by atoms with van der Waals surface area (Å²) in [6, 6.07) is 10.7. The summed E-state index contributed by atoms with van der Waals surface area (Å²) in [5.74, 6) is -0.210. The molecule has 136 valence electrons. The van der Waals surface area contributed by atoms with Crippen molar-refractivity contribution < 1.29 is 22.1 Å². The molecule has 9 heteroatoms. The van der Waals surface area contributed by atoms with E-state index in [-0.39, 0.29) is 23.1 Å². The molecule has 0 aliphatic rings. The molecule has 0 atom stereocenters. The van der Waals surface area contributed by atoms with Gasteiger partial charge in [0.25, 0.3) is 0 Å². The van der Waals surface area contributed by atoms with E-state index in [4.69, 9.17) is 9.26 Å². The molecule has 7 nitrogen and oxygen atoms in total. The van der Waals surface area contributed by atoms with Crippen LogP contribution in [0.3, 0.4) is 0 Å². The maximum Gasteiger partial charge on any atom is 0.244 e. The zero-order valence-electron chi connectivity index (χ0n) is 14.1. The zero-order chi connectivity index (χ0) is 18.7. The molecule has 0 aliphatic carbocycles. The maximum atomic E-state index is 13.4. The van der Waals surface area contributed by atoms with E-state index in [0.717, 1.165) is 23.3 Å². The van der Waals surface area contributed by atoms with Crippen molar-refractivity contribution in [3.8, 4) is 17.1 Å². The summed E-state index contributed by atoms with van der Waals surface area (Å²) in [4.78, 5) is 3.88. The van der Waals surface area contributed by atoms with E-state index in [9.17, 15) is 12.8 Å². The number of hydrogen-bond acceptors (Lipinski definition) is 6. The van der Waals surface area contributed by atoms with Crippen molar-refractivity contribution in [3.63, 3.8) is 0 Å². The topological polar surface area (TPSA) is 94.3 Å². The molecule has 1 aromatic heterocycles. The Morgan fingerprint density at radius 3 is 2.73 bits per heavy atom. The molecule has 0 saturated carbocycles. The number of aromatic nitrogens is 2. The van der Waals surface area contributed by atoms with Gasteiger partial charge in [0.15, 0.2) is 0 Å². The van der Waals surface area contributed by atoms with Crippen molar-refractivity contribution in [3.05, 3.63) is 59.7 Å². The molecule has 3 rings (SSSR count). The summed E-state index contributed by atoms with van der Waals surface area (Å²) in [5, 5.41) is 3.86. The van der Waals surface area contributed by atoms with Crippen LogP contribution in [0.5, 0.6) is 5.75 Å². The van der Waals surface area contributed by atoms with Crippen molar-refractivity contribution in [2.75, 3.05) is 7.11 Å². The monoisotopic (exact) mass is 377 g/mol. The number of nitrogens with one attached hydrogen (secondary N) is 1. The number of hydrogen-bond donors (Lipinski definition) is 1. The SMILES string of the molecule is COc1ccc(F)cc1S(=O)(=O)NCc1nc(-c2ccccc2C)no1. The number of nitrogens with zero attached hydrogens (tertiary/aromatic N) is 2. The molecule has 0 spiro atoms. The third-order valence-electron chi connectivity index (χ3n) is 3.68. The predicted octanol–water partition coefficient (Wildman–Crippen LogP) is 2.67. The van der Waals surface area contributed by atoms with Gasteiger partial charge in [0, 0.05) is 5.56 Å². The number of methoxy groups -OCH3 is 1. The molecular formula is C17H16FN3O4S. The minimum Gasteiger partial charge on any atom is -0.495 e. The fourth-order valence-electron chi connectivity index (χ4n) is 2.35. The van der Waals surface area contributed by atoms with Gasteiger partial charge in [0.2, 0.25) is 21.7 Å². The van der Waals surface area contributed by atoms with Crippen LogP contribution in [0.15, 0.2) is 51.9 Å². The van der Waals surface area contributed by atoms with Crippen molar-refractivity contribution in [1.82, 2.24) is 14.9 Å². The number of sulfonamides is 1. The Kier molecular flexibility index (Phi) is 5.01. The Hall–Kier alpha value is -2.78. The summed E-state index contributed by atoms with van der Waals surface area (Å²) in [5.41, 5.74) is 1.75. The highest BCUT2D eigenvalue weighted by Crippen LogP contribution is 2.24. The van der Waals surface area contributed by atoms with Gasteiger partial charge in [-0.15, -0.1) is 0 Å². The Labute approximate surface area is 149 Å². The largest absolute Gasteiger partial charge is 0.495 e. The molecular weight excluding hydrogens is 361 g/mol. The highest BCUT2D eigenvalue weighted by molar-refractivity contribution is 7.89. The lowest BCUT2D eigenvalue weighted by Crippen LogP contribution is -2.24. The van der Waals surface area contributed by atoms with Crippen LogP contribution >= 0.6 is 0 Å². The van der Waals surface area contributed by atoms with Crippen LogP contribution in [-0.2, 0) is 16.6 Å². The summed E-state index contributed by atoms with van der Waals surface area (Å²) in [6.07, 6.45) is 0. The molecule has 26 heavy (non-hydrogen) atoms. The lowest BCUT2D eigenvalue weighted by molar-refractivity contribution is 0.375. The van der Waals surface area contributed by atoms with E-state index in [1.807, 2.05) is 31.2 Å². The summed E-state index contributed by atoms with van der Waals surface area (Å²) in [6.45, 7) is 1.67. The highest BCUT2D eigenvalue weighted by Gasteiger charge is 2.21. The molecule has 0 radical (unpaired) electrons. The van der Waals surface area contributed by atoms with Gasteiger partial charge in [-0.25, -0.2) is 17.5 Å². The van der Waals surface area contributed by atoms with Gasteiger partial charge in [-0.3, -0.25) is 0 Å². The molecule has 2 aromatic carbocycles. The summed E-state index contributed by atoms with van der Waals surface area (Å²) < 4.78 is 50.6. The standard InChI is InChI=1S/C17H16FN3O4S/c1-11-5-3-4-6-13(11)17-20-16(25-21-17)10-19-26(22,23)15-9-12(18)7-8-14(15)24-2/h3-9,19H,10H2,1-2H3. The molecule has 0 fully saturated rings. The zero-order valence-corrected chi connectivity index (χ0v) is 14.9. The molecule has 1 N–H and O–H groups in total. The average Bonchev–Trinajstić information content (AvgIpc) is 3.09. The van der Waals surface area contributed by atoms with E-state index < -0.39 is 15.8 Å². The highest BCUT2D eigenvalue weighted by atomic mass is 32.2. The fourth-order valence-corrected chi connectivity index (χ4v) is 3.51. The van der Waals surface area contributed by atoms with Crippen LogP contribution in [0, 0.1) is 12.7 Å². The number of aryl methyl sites for hydroxylation is 1. The first-order chi connectivity index (χ1) is 12.4. The first-order valence-corrected chi connectivity index (χ1v) is 9.11. The molecule has 0 amide bonds. The molecule has 3 aromatic rings. The van der Waals surface area contributed by atoms with Gasteiger partial charge in [0.1, 0.15) is 16.5 Å². The van der Waals surface area contributed by atoms with Gasteiger partial charge < -0.3 is 9.26 Å². The summed E-state index contributed by atoms with van der Waals surface area (Å²) >= 11 is 0. The second-order valence-corrected chi connectivity index (χ2v) is 7.18. The smallest absolute Gasteiger partial charge is 0.244 e. The third kappa shape index (κ3) is 3.73. The van der Waals surface area contributed by atoms with Crippen LogP contribution < -0.4 is 9.46 Å². The third-order valence-corrected chi connectivity index (χ3v) is 5.11. The van der Waals surface area contributed by atoms with Gasteiger partial charge >= 0.3 is 0 Å². The predicted molar refractivity (Wildman–Crippen MR) is 91.4 cm³/mol. The van der Waals surface area contributed by atoms with Crippen molar-refractivity contribution in [2.24, 2.45) is 0 Å². The van der Waals surface area contributed by atoms with E-state index in [2.05, 4.69) is 14.9 Å². The minimum atomic E-state index is -4.03. The van der Waals surface area contributed by atoms with Crippen molar-refractivity contribution in [1.29, 1.82) is 0 Å². The Balaban J connectivity index is 1.79. The fraction of sp³-hybridized carbons (Fsp3) is 0.176. The van der Waals surface area contributed by atoms with Crippen LogP contribution in [0.4, 0.5) is 4.39 Å². The number of benzene rings is 2. The second-order valence-electron chi connectivity index (χ2n) is 5.45. The quantitative estimate of drug-likeness (QED) is 0.710. The van der Waals surface area contributed by atoms with Gasteiger partial charge in [0.05, 0.1) is 13.7 Å². The lowest BCUT2D eigenvalue weighted by atomic mass is 10.1. The molecule has 0 aliphatic heterocycles. The normalized spacial score (nSPS) is 11.5. The van der Waals surface area contributed by atoms with Crippen LogP contribution in [0.25, 0.3) is 11.4 Å². The number of rotatable bonds is 6. The second kappa shape index (κ2) is 7.22. The van der Waals surface area contributed by atoms with E-state index >= 15 is 0 Å². The van der Waals surface area contributed by atoms with E-state index in [0.29, 0.717) is 5.82 Å². The first kappa shape index (κ1) is 18.0. The lowest BCUT2D eigenvalue weighted by Gasteiger charge is -2.09. The molecule has 1 heterocycles. The van der Waals surface area contributed by atoms with Gasteiger partial charge in [-0.05, 0) is 30.7 Å². The first-order valence-electron chi connectivity index (χ1n) is 7.62. The molecule has 0 saturated heterocycles. The maximum absolute atomic E-state index is 13.4. The minimum absolute atomic E-state index is 0.0324. The van der Waals surface area contributed by atoms with Crippen LogP contribution in [-0.4, -0.2) is 25.7 Å². The molecule has 0 bridgehead atoms. The Bertz CT molecular complexity index is 1030. The van der Waals surface area contributed by atoms with Crippen LogP contribution in [0.2, 0.25) is 0 Å². The summed E-state index contributed by atoms with van der Waals surface area (Å²) in [7, 11) is -2.73. The van der Waals surface area contributed by atoms with E-state index in [1.54, 1.807) is 0 Å². The van der Waals surface area contributed by atoms with Gasteiger partial charge in [-0.2, -0.15) is 4.98 Å². The Morgan fingerprint density at radius 1 is 1.23 bits per heavy atom. The Morgan fingerprint density at radius 2 is 2.00 bits per heavy atom. The van der Waals surface area contributed by atoms with Crippen molar-refractivity contribution >= 4 is 10.0 Å². The van der Waals surface area contributed by atoms with Gasteiger partial charge in [-0.1, -0.05) is 29.4 Å². The van der Waals surface area contributed by atoms with Crippen molar-refractivity contribution in [2.45, 2.75) is 18.4 Å². The number of ether oxygens (including phenoxy) is 1. The van der Waals surface area contributed by atoms with E-state index in [1.165, 1.54) is 13.2 Å². The van der Waals surface area contributed by atoms with Crippen LogP contribution in [0.1, 0.15) is 11.5 Å². The number of halogens is 1. The molecule has 0 unspecified atom stereocenters. The average molecular weight is 377 g/mol.